The third-order valence-electron chi connectivity index (χ3n) is 1.83. The zero-order valence-electron chi connectivity index (χ0n) is 7.31. The van der Waals surface area contributed by atoms with Gasteiger partial charge in [-0.3, -0.25) is 4.79 Å². The molecule has 13 heavy (non-hydrogen) atoms. The van der Waals surface area contributed by atoms with Crippen LogP contribution in [0.4, 0.5) is 0 Å². The van der Waals surface area contributed by atoms with Gasteiger partial charge in [0.05, 0.1) is 12.6 Å². The summed E-state index contributed by atoms with van der Waals surface area (Å²) in [5.74, 6) is -0.131. The quantitative estimate of drug-likeness (QED) is 0.690. The zero-order chi connectivity index (χ0) is 9.68. The van der Waals surface area contributed by atoms with Crippen molar-refractivity contribution in [1.82, 2.24) is 0 Å². The van der Waals surface area contributed by atoms with E-state index in [1.165, 1.54) is 0 Å². The van der Waals surface area contributed by atoms with Crippen LogP contribution in [0.1, 0.15) is 5.56 Å². The first-order valence-corrected chi connectivity index (χ1v) is 4.17. The van der Waals surface area contributed by atoms with Crippen LogP contribution in [-0.2, 0) is 11.2 Å². The minimum atomic E-state index is -0.750. The maximum absolute atomic E-state index is 11.3. The van der Waals surface area contributed by atoms with Crippen molar-refractivity contribution in [3.63, 3.8) is 0 Å². The van der Waals surface area contributed by atoms with Gasteiger partial charge in [0.15, 0.2) is 5.78 Å². The van der Waals surface area contributed by atoms with Gasteiger partial charge in [0, 0.05) is 6.42 Å². The SMILES string of the molecule is N[C@H](CO)C(=O)Cc1ccccc1. The van der Waals surface area contributed by atoms with Gasteiger partial charge in [-0.25, -0.2) is 0 Å². The normalized spacial score (nSPS) is 12.5. The molecule has 0 amide bonds. The lowest BCUT2D eigenvalue weighted by molar-refractivity contribution is -0.120. The van der Waals surface area contributed by atoms with Crippen molar-refractivity contribution in [1.29, 1.82) is 0 Å². The Morgan fingerprint density at radius 2 is 2.00 bits per heavy atom. The van der Waals surface area contributed by atoms with Crippen molar-refractivity contribution in [2.24, 2.45) is 5.73 Å². The monoisotopic (exact) mass is 179 g/mol. The highest BCUT2D eigenvalue weighted by atomic mass is 16.3. The lowest BCUT2D eigenvalue weighted by Gasteiger charge is -2.06. The molecule has 0 unspecified atom stereocenters. The molecule has 0 aliphatic rings. The van der Waals surface area contributed by atoms with Crippen molar-refractivity contribution in [2.45, 2.75) is 12.5 Å². The second-order valence-corrected chi connectivity index (χ2v) is 2.92. The standard InChI is InChI=1S/C10H13NO2/c11-9(7-12)10(13)6-8-4-2-1-3-5-8/h1-5,9,12H,6-7,11H2/t9-/m1/s1. The fraction of sp³-hybridized carbons (Fsp3) is 0.300. The Bertz CT molecular complexity index is 272. The molecule has 1 aromatic rings. The van der Waals surface area contributed by atoms with Gasteiger partial charge in [0.25, 0.3) is 0 Å². The molecular formula is C10H13NO2. The predicted molar refractivity (Wildman–Crippen MR) is 50.2 cm³/mol. The van der Waals surface area contributed by atoms with Crippen LogP contribution in [0.5, 0.6) is 0 Å². The number of hydrogen-bond acceptors (Lipinski definition) is 3. The molecule has 1 rings (SSSR count). The number of carbonyl (C=O) groups is 1. The number of rotatable bonds is 4. The van der Waals surface area contributed by atoms with Gasteiger partial charge in [0.1, 0.15) is 0 Å². The molecule has 3 N–H and O–H groups in total. The minimum Gasteiger partial charge on any atom is -0.394 e. The largest absolute Gasteiger partial charge is 0.394 e. The van der Waals surface area contributed by atoms with E-state index in [2.05, 4.69) is 0 Å². The van der Waals surface area contributed by atoms with E-state index in [1.807, 2.05) is 30.3 Å². The van der Waals surface area contributed by atoms with Crippen molar-refractivity contribution >= 4 is 5.78 Å². The maximum atomic E-state index is 11.3. The number of aliphatic hydroxyl groups excluding tert-OH is 1. The summed E-state index contributed by atoms with van der Waals surface area (Å²) in [5, 5.41) is 8.64. The molecule has 0 aliphatic carbocycles. The van der Waals surface area contributed by atoms with Gasteiger partial charge >= 0.3 is 0 Å². The number of carbonyl (C=O) groups excluding carboxylic acids is 1. The number of aliphatic hydroxyl groups is 1. The third-order valence-corrected chi connectivity index (χ3v) is 1.83. The summed E-state index contributed by atoms with van der Waals surface area (Å²) in [4.78, 5) is 11.3. The van der Waals surface area contributed by atoms with E-state index in [0.29, 0.717) is 6.42 Å². The fourth-order valence-electron chi connectivity index (χ4n) is 1.03. The van der Waals surface area contributed by atoms with Crippen LogP contribution in [0, 0.1) is 0 Å². The van der Waals surface area contributed by atoms with Crippen LogP contribution in [-0.4, -0.2) is 23.5 Å². The highest BCUT2D eigenvalue weighted by Crippen LogP contribution is 2.01. The van der Waals surface area contributed by atoms with E-state index >= 15 is 0 Å². The van der Waals surface area contributed by atoms with E-state index in [1.54, 1.807) is 0 Å². The highest BCUT2D eigenvalue weighted by molar-refractivity contribution is 5.85. The summed E-state index contributed by atoms with van der Waals surface area (Å²) in [6, 6.07) is 8.60. The first-order valence-electron chi connectivity index (χ1n) is 4.17. The summed E-state index contributed by atoms with van der Waals surface area (Å²) in [6.07, 6.45) is 0.294. The van der Waals surface area contributed by atoms with Crippen LogP contribution < -0.4 is 5.73 Å². The Balaban J connectivity index is 2.55. The number of Topliss-reactive ketones (excluding diaryl/α,β-unsaturated/α-hetero) is 1. The first kappa shape index (κ1) is 9.89. The fourth-order valence-corrected chi connectivity index (χ4v) is 1.03. The Hall–Kier alpha value is -1.19. The third kappa shape index (κ3) is 2.97. The molecule has 0 aliphatic heterocycles. The van der Waals surface area contributed by atoms with E-state index < -0.39 is 6.04 Å². The van der Waals surface area contributed by atoms with Crippen LogP contribution in [0.25, 0.3) is 0 Å². The molecule has 0 heterocycles. The number of benzene rings is 1. The van der Waals surface area contributed by atoms with Crippen molar-refractivity contribution in [2.75, 3.05) is 6.61 Å². The van der Waals surface area contributed by atoms with E-state index in [9.17, 15) is 4.79 Å². The molecule has 0 bridgehead atoms. The smallest absolute Gasteiger partial charge is 0.156 e. The summed E-state index contributed by atoms with van der Waals surface area (Å²) in [5.41, 5.74) is 6.29. The van der Waals surface area contributed by atoms with Gasteiger partial charge in [0.2, 0.25) is 0 Å². The Morgan fingerprint density at radius 3 is 2.54 bits per heavy atom. The Morgan fingerprint density at radius 1 is 1.38 bits per heavy atom. The molecule has 3 heteroatoms. The molecule has 1 atom stereocenters. The first-order chi connectivity index (χ1) is 6.24. The minimum absolute atomic E-state index is 0.131. The Labute approximate surface area is 77.2 Å². The predicted octanol–water partition coefficient (Wildman–Crippen LogP) is 0.118. The second-order valence-electron chi connectivity index (χ2n) is 2.92. The lowest BCUT2D eigenvalue weighted by Crippen LogP contribution is -2.35. The van der Waals surface area contributed by atoms with Crippen molar-refractivity contribution in [3.8, 4) is 0 Å². The van der Waals surface area contributed by atoms with Gasteiger partial charge in [-0.15, -0.1) is 0 Å². The highest BCUT2D eigenvalue weighted by Gasteiger charge is 2.11. The van der Waals surface area contributed by atoms with Crippen LogP contribution in [0.15, 0.2) is 30.3 Å². The average molecular weight is 179 g/mol. The molecule has 0 radical (unpaired) electrons. The van der Waals surface area contributed by atoms with Crippen LogP contribution >= 0.6 is 0 Å². The number of nitrogens with two attached hydrogens (primary N) is 1. The molecule has 0 aromatic heterocycles. The summed E-state index contributed by atoms with van der Waals surface area (Å²) in [6.45, 7) is -0.286. The average Bonchev–Trinajstić information content (AvgIpc) is 2.18. The van der Waals surface area contributed by atoms with Gasteiger partial charge in [-0.2, -0.15) is 0 Å². The van der Waals surface area contributed by atoms with Gasteiger partial charge in [-0.1, -0.05) is 30.3 Å². The molecule has 3 nitrogen and oxygen atoms in total. The molecule has 1 aromatic carbocycles. The van der Waals surface area contributed by atoms with E-state index in [0.717, 1.165) is 5.56 Å². The van der Waals surface area contributed by atoms with Gasteiger partial charge in [-0.05, 0) is 5.56 Å². The second kappa shape index (κ2) is 4.74. The zero-order valence-corrected chi connectivity index (χ0v) is 7.31. The lowest BCUT2D eigenvalue weighted by atomic mass is 10.1. The summed E-state index contributed by atoms with van der Waals surface area (Å²) < 4.78 is 0. The van der Waals surface area contributed by atoms with Gasteiger partial charge < -0.3 is 10.8 Å². The molecule has 0 saturated heterocycles. The van der Waals surface area contributed by atoms with Crippen LogP contribution in [0.3, 0.4) is 0 Å². The molecule has 0 saturated carbocycles. The molecular weight excluding hydrogens is 166 g/mol. The van der Waals surface area contributed by atoms with E-state index in [-0.39, 0.29) is 12.4 Å². The molecule has 70 valence electrons. The van der Waals surface area contributed by atoms with Crippen molar-refractivity contribution < 1.29 is 9.90 Å². The Kier molecular flexibility index (Phi) is 3.61. The summed E-state index contributed by atoms with van der Waals surface area (Å²) >= 11 is 0. The molecule has 0 fully saturated rings. The van der Waals surface area contributed by atoms with E-state index in [4.69, 9.17) is 10.8 Å². The molecule has 0 spiro atoms. The van der Waals surface area contributed by atoms with Crippen LogP contribution in [0.2, 0.25) is 0 Å². The number of hydrogen-bond donors (Lipinski definition) is 2. The number of ketones is 1. The topological polar surface area (TPSA) is 63.3 Å². The maximum Gasteiger partial charge on any atom is 0.156 e. The van der Waals surface area contributed by atoms with Crippen molar-refractivity contribution in [3.05, 3.63) is 35.9 Å². The summed E-state index contributed by atoms with van der Waals surface area (Å²) in [7, 11) is 0.